The Kier molecular flexibility index (Phi) is 4.77. The van der Waals surface area contributed by atoms with Crippen LogP contribution in [0.3, 0.4) is 0 Å². The molecule has 5 heteroatoms. The van der Waals surface area contributed by atoms with Gasteiger partial charge in [0, 0.05) is 32.0 Å². The highest BCUT2D eigenvalue weighted by molar-refractivity contribution is 6.33. The highest BCUT2D eigenvalue weighted by atomic mass is 35.5. The number of likely N-dealkylation sites (N-methyl/N-ethyl adjacent to an activating group) is 1. The summed E-state index contributed by atoms with van der Waals surface area (Å²) in [7, 11) is 1.81. The minimum atomic E-state index is -0.0586. The summed E-state index contributed by atoms with van der Waals surface area (Å²) in [5.74, 6) is -0.0586. The van der Waals surface area contributed by atoms with Crippen molar-refractivity contribution in [3.63, 3.8) is 0 Å². The molecular formula is C14H20ClN3O. The predicted molar refractivity (Wildman–Crippen MR) is 76.6 cm³/mol. The smallest absolute Gasteiger partial charge is 0.256 e. The van der Waals surface area contributed by atoms with Crippen molar-refractivity contribution >= 4 is 17.5 Å². The molecule has 0 aromatic carbocycles. The lowest BCUT2D eigenvalue weighted by Gasteiger charge is -2.21. The van der Waals surface area contributed by atoms with Crippen LogP contribution in [0.25, 0.3) is 0 Å². The number of amides is 1. The maximum atomic E-state index is 12.3. The van der Waals surface area contributed by atoms with Gasteiger partial charge in [-0.3, -0.25) is 9.78 Å². The van der Waals surface area contributed by atoms with Crippen molar-refractivity contribution in [1.29, 1.82) is 0 Å². The van der Waals surface area contributed by atoms with Crippen molar-refractivity contribution in [1.82, 2.24) is 14.8 Å². The number of hydrogen-bond acceptors (Lipinski definition) is 3. The number of halogens is 1. The number of hydrogen-bond donors (Lipinski definition) is 0. The van der Waals surface area contributed by atoms with E-state index >= 15 is 0 Å². The number of likely N-dealkylation sites (tertiary alicyclic amines) is 1. The van der Waals surface area contributed by atoms with Gasteiger partial charge in [0.25, 0.3) is 5.91 Å². The lowest BCUT2D eigenvalue weighted by molar-refractivity contribution is 0.0782. The zero-order valence-electron chi connectivity index (χ0n) is 11.5. The fourth-order valence-electron chi connectivity index (χ4n) is 2.29. The monoisotopic (exact) mass is 281 g/mol. The van der Waals surface area contributed by atoms with Gasteiger partial charge in [-0.1, -0.05) is 11.6 Å². The van der Waals surface area contributed by atoms with E-state index in [-0.39, 0.29) is 5.91 Å². The van der Waals surface area contributed by atoms with E-state index in [1.54, 1.807) is 17.2 Å². The van der Waals surface area contributed by atoms with Crippen molar-refractivity contribution in [2.75, 3.05) is 33.2 Å². The number of rotatable bonds is 4. The maximum absolute atomic E-state index is 12.3. The molecule has 19 heavy (non-hydrogen) atoms. The predicted octanol–water partition coefficient (Wildman–Crippen LogP) is 2.21. The molecule has 0 N–H and O–H groups in total. The fourth-order valence-corrected chi connectivity index (χ4v) is 2.58. The lowest BCUT2D eigenvalue weighted by atomic mass is 10.2. The Morgan fingerprint density at radius 3 is 2.79 bits per heavy atom. The zero-order valence-corrected chi connectivity index (χ0v) is 12.3. The van der Waals surface area contributed by atoms with E-state index in [1.165, 1.54) is 12.8 Å². The lowest BCUT2D eigenvalue weighted by Crippen LogP contribution is -2.35. The summed E-state index contributed by atoms with van der Waals surface area (Å²) in [4.78, 5) is 20.5. The maximum Gasteiger partial charge on any atom is 0.256 e. The first kappa shape index (κ1) is 14.3. The summed E-state index contributed by atoms with van der Waals surface area (Å²) in [6.07, 6.45) is 4.10. The second kappa shape index (κ2) is 6.35. The molecule has 1 saturated heterocycles. The summed E-state index contributed by atoms with van der Waals surface area (Å²) in [5.41, 5.74) is 1.30. The van der Waals surface area contributed by atoms with E-state index in [0.717, 1.165) is 31.9 Å². The SMILES string of the molecule is Cc1cc(Cl)c(C(=O)N(C)CCN2CCCC2)cn1. The number of carbonyl (C=O) groups is 1. The number of aryl methyl sites for hydroxylation is 1. The first-order valence-electron chi connectivity index (χ1n) is 6.68. The van der Waals surface area contributed by atoms with Gasteiger partial charge < -0.3 is 9.80 Å². The average molecular weight is 282 g/mol. The Bertz CT molecular complexity index is 458. The Hall–Kier alpha value is -1.13. The molecule has 0 radical (unpaired) electrons. The van der Waals surface area contributed by atoms with Crippen LogP contribution in [-0.4, -0.2) is 53.9 Å². The first-order chi connectivity index (χ1) is 9.08. The fraction of sp³-hybridized carbons (Fsp3) is 0.571. The quantitative estimate of drug-likeness (QED) is 0.849. The largest absolute Gasteiger partial charge is 0.340 e. The summed E-state index contributed by atoms with van der Waals surface area (Å²) in [6, 6.07) is 1.73. The molecule has 1 aromatic rings. The van der Waals surface area contributed by atoms with Crippen molar-refractivity contribution in [3.05, 3.63) is 28.5 Å². The van der Waals surface area contributed by atoms with E-state index in [2.05, 4.69) is 9.88 Å². The molecule has 0 aliphatic carbocycles. The topological polar surface area (TPSA) is 36.4 Å². The highest BCUT2D eigenvalue weighted by Gasteiger charge is 2.17. The van der Waals surface area contributed by atoms with Crippen LogP contribution in [0.2, 0.25) is 5.02 Å². The Balaban J connectivity index is 1.94. The van der Waals surface area contributed by atoms with Gasteiger partial charge in [0.05, 0.1) is 10.6 Å². The number of carbonyl (C=O) groups excluding carboxylic acids is 1. The van der Waals surface area contributed by atoms with Gasteiger partial charge in [0.1, 0.15) is 0 Å². The third-order valence-corrected chi connectivity index (χ3v) is 3.83. The molecule has 1 aliphatic heterocycles. The van der Waals surface area contributed by atoms with Gasteiger partial charge in [0.2, 0.25) is 0 Å². The third kappa shape index (κ3) is 3.67. The van der Waals surface area contributed by atoms with Crippen molar-refractivity contribution in [2.45, 2.75) is 19.8 Å². The number of pyridine rings is 1. The average Bonchev–Trinajstić information content (AvgIpc) is 2.88. The molecule has 1 fully saturated rings. The van der Waals surface area contributed by atoms with Gasteiger partial charge >= 0.3 is 0 Å². The van der Waals surface area contributed by atoms with Gasteiger partial charge in [0.15, 0.2) is 0 Å². The van der Waals surface area contributed by atoms with E-state index in [9.17, 15) is 4.79 Å². The van der Waals surface area contributed by atoms with Crippen LogP contribution in [0.5, 0.6) is 0 Å². The van der Waals surface area contributed by atoms with E-state index < -0.39 is 0 Å². The van der Waals surface area contributed by atoms with Crippen LogP contribution >= 0.6 is 11.6 Å². The van der Waals surface area contributed by atoms with Crippen LogP contribution in [0.4, 0.5) is 0 Å². The molecule has 2 heterocycles. The van der Waals surface area contributed by atoms with Crippen molar-refractivity contribution in [3.8, 4) is 0 Å². The zero-order chi connectivity index (χ0) is 13.8. The minimum absolute atomic E-state index is 0.0586. The van der Waals surface area contributed by atoms with Gasteiger partial charge in [-0.25, -0.2) is 0 Å². The molecule has 4 nitrogen and oxygen atoms in total. The van der Waals surface area contributed by atoms with Crippen LogP contribution in [0.15, 0.2) is 12.3 Å². The number of aromatic nitrogens is 1. The van der Waals surface area contributed by atoms with Crippen LogP contribution in [0, 0.1) is 6.92 Å². The molecule has 0 spiro atoms. The molecule has 0 atom stereocenters. The summed E-state index contributed by atoms with van der Waals surface area (Å²) in [6.45, 7) is 5.81. The van der Waals surface area contributed by atoms with Gasteiger partial charge in [-0.05, 0) is 38.9 Å². The molecule has 1 aliphatic rings. The van der Waals surface area contributed by atoms with E-state index in [1.807, 2.05) is 14.0 Å². The minimum Gasteiger partial charge on any atom is -0.340 e. The normalized spacial score (nSPS) is 15.7. The highest BCUT2D eigenvalue weighted by Crippen LogP contribution is 2.17. The first-order valence-corrected chi connectivity index (χ1v) is 7.05. The van der Waals surface area contributed by atoms with E-state index in [0.29, 0.717) is 10.6 Å². The summed E-state index contributed by atoms with van der Waals surface area (Å²) < 4.78 is 0. The molecule has 0 bridgehead atoms. The van der Waals surface area contributed by atoms with Crippen LogP contribution in [0.1, 0.15) is 28.9 Å². The molecule has 1 amide bonds. The summed E-state index contributed by atoms with van der Waals surface area (Å²) in [5, 5.41) is 0.477. The number of nitrogens with zero attached hydrogens (tertiary/aromatic N) is 3. The Morgan fingerprint density at radius 1 is 1.47 bits per heavy atom. The molecule has 2 rings (SSSR count). The molecular weight excluding hydrogens is 262 g/mol. The van der Waals surface area contributed by atoms with Gasteiger partial charge in [-0.15, -0.1) is 0 Å². The second-order valence-corrected chi connectivity index (χ2v) is 5.49. The van der Waals surface area contributed by atoms with Gasteiger partial charge in [-0.2, -0.15) is 0 Å². The molecule has 0 saturated carbocycles. The third-order valence-electron chi connectivity index (χ3n) is 3.52. The van der Waals surface area contributed by atoms with E-state index in [4.69, 9.17) is 11.6 Å². The van der Waals surface area contributed by atoms with Crippen molar-refractivity contribution in [2.24, 2.45) is 0 Å². The van der Waals surface area contributed by atoms with Crippen LogP contribution in [-0.2, 0) is 0 Å². The molecule has 1 aromatic heterocycles. The molecule has 104 valence electrons. The Morgan fingerprint density at radius 2 is 2.16 bits per heavy atom. The van der Waals surface area contributed by atoms with Crippen molar-refractivity contribution < 1.29 is 4.79 Å². The molecule has 0 unspecified atom stereocenters. The van der Waals surface area contributed by atoms with Crippen LogP contribution < -0.4 is 0 Å². The Labute approximate surface area is 119 Å². The standard InChI is InChI=1S/C14H20ClN3O/c1-11-9-13(15)12(10-16-11)14(19)17(2)7-8-18-5-3-4-6-18/h9-10H,3-8H2,1-2H3. The second-order valence-electron chi connectivity index (χ2n) is 5.08. The summed E-state index contributed by atoms with van der Waals surface area (Å²) >= 11 is 6.10.